The number of piperazine rings is 1. The highest BCUT2D eigenvalue weighted by Crippen LogP contribution is 2.38. The molecule has 2 saturated heterocycles. The van der Waals surface area contributed by atoms with Gasteiger partial charge in [0.15, 0.2) is 0 Å². The van der Waals surface area contributed by atoms with E-state index in [9.17, 15) is 9.59 Å². The summed E-state index contributed by atoms with van der Waals surface area (Å²) in [6.07, 6.45) is 6.10. The minimum atomic E-state index is -0.695. The monoisotopic (exact) mass is 614 g/mol. The van der Waals surface area contributed by atoms with Crippen LogP contribution in [0.15, 0.2) is 36.4 Å². The van der Waals surface area contributed by atoms with Crippen LogP contribution in [0, 0.1) is 13.8 Å². The summed E-state index contributed by atoms with van der Waals surface area (Å²) in [5.41, 5.74) is 9.08. The predicted octanol–water partition coefficient (Wildman–Crippen LogP) is 5.10. The molecule has 5 rings (SSSR count). The summed E-state index contributed by atoms with van der Waals surface area (Å²) in [5, 5.41) is 0.977. The van der Waals surface area contributed by atoms with Gasteiger partial charge in [-0.2, -0.15) is 0 Å². The molecule has 1 unspecified atom stereocenters. The fourth-order valence-corrected chi connectivity index (χ4v) is 7.60. The largest absolute Gasteiger partial charge is 0.368 e. The van der Waals surface area contributed by atoms with Gasteiger partial charge in [0.2, 0.25) is 11.8 Å². The topological polar surface area (TPSA) is 79.1 Å². The van der Waals surface area contributed by atoms with E-state index in [1.807, 2.05) is 23.1 Å². The van der Waals surface area contributed by atoms with Crippen LogP contribution >= 0.6 is 23.2 Å². The van der Waals surface area contributed by atoms with Crippen LogP contribution in [0.25, 0.3) is 0 Å². The number of hydrogen-bond donors (Lipinski definition) is 1. The highest BCUT2D eigenvalue weighted by molar-refractivity contribution is 6.42. The normalized spacial score (nSPS) is 23.6. The Bertz CT molecular complexity index is 1270. The van der Waals surface area contributed by atoms with Crippen LogP contribution in [0.1, 0.15) is 60.8 Å². The zero-order valence-electron chi connectivity index (χ0n) is 25.0. The van der Waals surface area contributed by atoms with Gasteiger partial charge in [0.1, 0.15) is 11.1 Å². The van der Waals surface area contributed by atoms with E-state index in [4.69, 9.17) is 33.7 Å². The molecule has 228 valence electrons. The van der Waals surface area contributed by atoms with Crippen LogP contribution in [0.2, 0.25) is 10.0 Å². The third-order valence-corrected chi connectivity index (χ3v) is 10.3. The summed E-state index contributed by atoms with van der Waals surface area (Å²) in [4.78, 5) is 32.9. The first-order valence-corrected chi connectivity index (χ1v) is 16.1. The van der Waals surface area contributed by atoms with Crippen molar-refractivity contribution in [1.82, 2.24) is 14.7 Å². The molecule has 2 aromatic rings. The zero-order valence-corrected chi connectivity index (χ0v) is 26.5. The lowest BCUT2D eigenvalue weighted by Crippen LogP contribution is -2.63. The molecule has 3 fully saturated rings. The van der Waals surface area contributed by atoms with Crippen LogP contribution < -0.4 is 5.73 Å². The van der Waals surface area contributed by atoms with Gasteiger partial charge in [-0.1, -0.05) is 77.9 Å². The molecule has 1 atom stereocenters. The van der Waals surface area contributed by atoms with Gasteiger partial charge in [0, 0.05) is 39.3 Å². The number of ether oxygens (including phenoxy) is 1. The van der Waals surface area contributed by atoms with Gasteiger partial charge in [0.25, 0.3) is 0 Å². The summed E-state index contributed by atoms with van der Waals surface area (Å²) in [6, 6.07) is 12.0. The van der Waals surface area contributed by atoms with Crippen LogP contribution in [0.3, 0.4) is 0 Å². The van der Waals surface area contributed by atoms with Gasteiger partial charge in [-0.15, -0.1) is 0 Å². The third-order valence-electron chi connectivity index (χ3n) is 9.57. The van der Waals surface area contributed by atoms with E-state index in [1.165, 1.54) is 6.42 Å². The quantitative estimate of drug-likeness (QED) is 0.447. The molecule has 0 bridgehead atoms. The smallest absolute Gasteiger partial charge is 0.237 e. The van der Waals surface area contributed by atoms with E-state index in [-0.39, 0.29) is 11.8 Å². The summed E-state index contributed by atoms with van der Waals surface area (Å²) in [7, 11) is 0. The molecule has 0 radical (unpaired) electrons. The molecule has 2 N–H and O–H groups in total. The number of aryl methyl sites for hydroxylation is 2. The first-order valence-electron chi connectivity index (χ1n) is 15.3. The second-order valence-electron chi connectivity index (χ2n) is 12.5. The third kappa shape index (κ3) is 6.81. The zero-order chi connectivity index (χ0) is 29.9. The van der Waals surface area contributed by atoms with Crippen molar-refractivity contribution >= 4 is 35.0 Å². The van der Waals surface area contributed by atoms with Crippen molar-refractivity contribution in [1.29, 1.82) is 0 Å². The van der Waals surface area contributed by atoms with E-state index in [2.05, 4.69) is 41.8 Å². The van der Waals surface area contributed by atoms with E-state index < -0.39 is 11.1 Å². The summed E-state index contributed by atoms with van der Waals surface area (Å²) in [5.74, 6) is -0.0685. The lowest BCUT2D eigenvalue weighted by Gasteiger charge is -2.48. The number of hydrogen-bond acceptors (Lipinski definition) is 5. The predicted molar refractivity (Wildman–Crippen MR) is 168 cm³/mol. The molecule has 2 aliphatic heterocycles. The van der Waals surface area contributed by atoms with Crippen molar-refractivity contribution in [2.75, 3.05) is 52.4 Å². The second kappa shape index (κ2) is 13.2. The number of nitrogens with zero attached hydrogens (tertiary/aromatic N) is 3. The van der Waals surface area contributed by atoms with Crippen molar-refractivity contribution in [3.8, 4) is 0 Å². The van der Waals surface area contributed by atoms with Gasteiger partial charge >= 0.3 is 0 Å². The Kier molecular flexibility index (Phi) is 9.85. The van der Waals surface area contributed by atoms with Crippen LogP contribution in [0.4, 0.5) is 0 Å². The maximum Gasteiger partial charge on any atom is 0.237 e. The van der Waals surface area contributed by atoms with Crippen LogP contribution in [-0.4, -0.2) is 84.5 Å². The molecule has 2 amide bonds. The molecule has 42 heavy (non-hydrogen) atoms. The first-order chi connectivity index (χ1) is 20.1. The molecule has 1 saturated carbocycles. The summed E-state index contributed by atoms with van der Waals surface area (Å²) in [6.45, 7) is 9.77. The van der Waals surface area contributed by atoms with Crippen LogP contribution in [-0.2, 0) is 26.3 Å². The van der Waals surface area contributed by atoms with Crippen molar-refractivity contribution in [3.05, 3.63) is 68.7 Å². The van der Waals surface area contributed by atoms with Crippen LogP contribution in [0.5, 0.6) is 0 Å². The van der Waals surface area contributed by atoms with Gasteiger partial charge in [-0.3, -0.25) is 14.5 Å². The fraction of sp³-hybridized carbons (Fsp3) is 0.576. The molecule has 7 nitrogen and oxygen atoms in total. The maximum atomic E-state index is 13.6. The molecule has 0 aromatic heterocycles. The molecule has 9 heteroatoms. The number of nitrogens with two attached hydrogens (primary N) is 1. The Labute approximate surface area is 260 Å². The number of halogens is 2. The lowest BCUT2D eigenvalue weighted by atomic mass is 9.79. The van der Waals surface area contributed by atoms with Gasteiger partial charge in [-0.25, -0.2) is 0 Å². The molecular formula is C33H44Cl2N4O3. The fourth-order valence-electron chi connectivity index (χ4n) is 7.30. The molecule has 1 aliphatic carbocycles. The minimum Gasteiger partial charge on any atom is -0.368 e. The van der Waals surface area contributed by atoms with E-state index in [0.717, 1.165) is 80.7 Å². The second-order valence-corrected chi connectivity index (χ2v) is 13.3. The Hall–Kier alpha value is -2.16. The van der Waals surface area contributed by atoms with Crippen molar-refractivity contribution in [2.45, 2.75) is 69.9 Å². The average Bonchev–Trinajstić information content (AvgIpc) is 2.97. The van der Waals surface area contributed by atoms with E-state index >= 15 is 0 Å². The highest BCUT2D eigenvalue weighted by Gasteiger charge is 2.45. The summed E-state index contributed by atoms with van der Waals surface area (Å²) >= 11 is 12.8. The van der Waals surface area contributed by atoms with Crippen molar-refractivity contribution < 1.29 is 14.3 Å². The maximum absolute atomic E-state index is 13.6. The van der Waals surface area contributed by atoms with Gasteiger partial charge in [-0.05, 0) is 56.4 Å². The number of rotatable bonds is 8. The Balaban J connectivity index is 1.29. The Morgan fingerprint density at radius 2 is 1.60 bits per heavy atom. The number of morpholine rings is 1. The highest BCUT2D eigenvalue weighted by atomic mass is 35.5. The molecule has 2 aromatic carbocycles. The Morgan fingerprint density at radius 3 is 2.24 bits per heavy atom. The number of benzene rings is 2. The summed E-state index contributed by atoms with van der Waals surface area (Å²) < 4.78 is 6.58. The number of carbonyl (C=O) groups is 2. The molecule has 2 heterocycles. The van der Waals surface area contributed by atoms with E-state index in [1.54, 1.807) is 0 Å². The van der Waals surface area contributed by atoms with Gasteiger partial charge in [0.05, 0.1) is 29.6 Å². The van der Waals surface area contributed by atoms with Crippen molar-refractivity contribution in [2.24, 2.45) is 5.73 Å². The van der Waals surface area contributed by atoms with E-state index in [0.29, 0.717) is 42.6 Å². The minimum absolute atomic E-state index is 0.102. The average molecular weight is 616 g/mol. The molecule has 3 aliphatic rings. The number of primary amides is 1. The lowest BCUT2D eigenvalue weighted by molar-refractivity contribution is -0.155. The first kappa shape index (κ1) is 31.3. The molecular weight excluding hydrogens is 571 g/mol. The van der Waals surface area contributed by atoms with Crippen molar-refractivity contribution in [3.63, 3.8) is 0 Å². The molecule has 0 spiro atoms. The Morgan fingerprint density at radius 1 is 0.905 bits per heavy atom. The standard InChI is InChI=1S/C33H44Cl2N4O3/c1-24-18-25(2)20-26(19-24)21-30(40)38-16-17-42-33(23-38,27-6-7-28(34)29(35)22-27)10-11-37-12-14-39(15-13-37)32(31(36)41)8-4-3-5-9-32/h6-7,18-20,22H,3-5,8-17,21,23H2,1-2H3,(H2,36,41). The SMILES string of the molecule is Cc1cc(C)cc(CC(=O)N2CCOC(CCN3CCN(C4(C(N)=O)CCCCC4)CC3)(c3ccc(Cl)c(Cl)c3)C2)c1. The number of carbonyl (C=O) groups excluding carboxylic acids is 2. The van der Waals surface area contributed by atoms with Gasteiger partial charge < -0.3 is 20.3 Å². The number of amides is 2.